The van der Waals surface area contributed by atoms with Gasteiger partial charge >= 0.3 is 0 Å². The van der Waals surface area contributed by atoms with Crippen LogP contribution in [0.25, 0.3) is 0 Å². The highest BCUT2D eigenvalue weighted by Gasteiger charge is 2.16. The summed E-state index contributed by atoms with van der Waals surface area (Å²) in [6, 6.07) is 13.9. The molecule has 1 amide bonds. The summed E-state index contributed by atoms with van der Waals surface area (Å²) < 4.78 is 38.0. The largest absolute Gasteiger partial charge is 0.491 e. The molecule has 1 aromatic heterocycles. The number of methoxy groups -OCH3 is 1. The predicted octanol–water partition coefficient (Wildman–Crippen LogP) is 3.33. The van der Waals surface area contributed by atoms with Crippen molar-refractivity contribution in [2.75, 3.05) is 17.1 Å². The molecule has 0 fully saturated rings. The molecule has 2 aromatic carbocycles. The zero-order valence-corrected chi connectivity index (χ0v) is 18.0. The second kappa shape index (κ2) is 9.43. The van der Waals surface area contributed by atoms with Crippen molar-refractivity contribution in [3.8, 4) is 11.6 Å². The number of carbonyl (C=O) groups is 1. The molecular weight excluding hydrogens is 420 g/mol. The maximum atomic E-state index is 12.6. The topological polar surface area (TPSA) is 120 Å². The van der Waals surface area contributed by atoms with Crippen molar-refractivity contribution in [1.29, 1.82) is 0 Å². The zero-order chi connectivity index (χ0) is 22.4. The molecule has 0 bridgehead atoms. The number of nitrogens with one attached hydrogen (secondary N) is 2. The number of hydrogen-bond donors (Lipinski definition) is 2. The van der Waals surface area contributed by atoms with Crippen LogP contribution in [0.1, 0.15) is 24.2 Å². The number of ether oxygens (including phenoxy) is 2. The van der Waals surface area contributed by atoms with E-state index in [1.54, 1.807) is 24.3 Å². The second-order valence-corrected chi connectivity index (χ2v) is 8.40. The number of amides is 1. The number of hydrogen-bond acceptors (Lipinski definition) is 7. The van der Waals surface area contributed by atoms with Crippen LogP contribution < -0.4 is 19.5 Å². The molecule has 0 aliphatic rings. The van der Waals surface area contributed by atoms with Crippen LogP contribution in [0.4, 0.5) is 11.5 Å². The summed E-state index contributed by atoms with van der Waals surface area (Å²) in [6.45, 7) is 3.84. The van der Waals surface area contributed by atoms with E-state index in [1.165, 1.54) is 43.8 Å². The van der Waals surface area contributed by atoms with Gasteiger partial charge in [0.15, 0.2) is 0 Å². The molecule has 0 aliphatic heterocycles. The number of aromatic nitrogens is 2. The number of sulfonamides is 1. The van der Waals surface area contributed by atoms with Crippen molar-refractivity contribution in [1.82, 2.24) is 9.97 Å². The molecule has 2 N–H and O–H groups in total. The van der Waals surface area contributed by atoms with Gasteiger partial charge in [0.1, 0.15) is 17.9 Å². The van der Waals surface area contributed by atoms with E-state index in [-0.39, 0.29) is 28.6 Å². The zero-order valence-electron chi connectivity index (χ0n) is 17.2. The molecule has 3 rings (SSSR count). The Labute approximate surface area is 180 Å². The molecule has 1 heterocycles. The smallest absolute Gasteiger partial charge is 0.263 e. The van der Waals surface area contributed by atoms with Gasteiger partial charge in [0, 0.05) is 17.3 Å². The Balaban J connectivity index is 1.67. The van der Waals surface area contributed by atoms with Gasteiger partial charge in [0.05, 0.1) is 18.1 Å². The summed E-state index contributed by atoms with van der Waals surface area (Å²) in [5, 5.41) is 2.73. The first-order valence-corrected chi connectivity index (χ1v) is 10.8. The number of benzene rings is 2. The Hall–Kier alpha value is -3.66. The quantitative estimate of drug-likeness (QED) is 0.549. The van der Waals surface area contributed by atoms with E-state index in [1.807, 2.05) is 13.8 Å². The SMILES string of the molecule is COc1cc(NS(=O)(=O)c2ccc(NC(=O)c3ccc(OC(C)C)cc3)cc2)ncn1. The average molecular weight is 442 g/mol. The first-order valence-electron chi connectivity index (χ1n) is 9.34. The number of nitrogens with zero attached hydrogens (tertiary/aromatic N) is 2. The lowest BCUT2D eigenvalue weighted by Gasteiger charge is -2.11. The highest BCUT2D eigenvalue weighted by atomic mass is 32.2. The third kappa shape index (κ3) is 5.92. The maximum Gasteiger partial charge on any atom is 0.263 e. The van der Waals surface area contributed by atoms with Gasteiger partial charge in [0.25, 0.3) is 15.9 Å². The molecule has 0 saturated carbocycles. The molecule has 31 heavy (non-hydrogen) atoms. The van der Waals surface area contributed by atoms with Crippen LogP contribution in [0.2, 0.25) is 0 Å². The van der Waals surface area contributed by atoms with Gasteiger partial charge in [-0.15, -0.1) is 0 Å². The maximum absolute atomic E-state index is 12.6. The molecule has 3 aromatic rings. The fourth-order valence-electron chi connectivity index (χ4n) is 2.58. The monoisotopic (exact) mass is 442 g/mol. The molecule has 0 aliphatic carbocycles. The van der Waals surface area contributed by atoms with E-state index in [4.69, 9.17) is 9.47 Å². The summed E-state index contributed by atoms with van der Waals surface area (Å²) in [6.07, 6.45) is 1.23. The van der Waals surface area contributed by atoms with Crippen molar-refractivity contribution in [2.24, 2.45) is 0 Å². The van der Waals surface area contributed by atoms with Crippen LogP contribution in [-0.4, -0.2) is 37.5 Å². The second-order valence-electron chi connectivity index (χ2n) is 6.72. The van der Waals surface area contributed by atoms with Gasteiger partial charge in [0.2, 0.25) is 5.88 Å². The standard InChI is InChI=1S/C21H22N4O5S/c1-14(2)30-17-8-4-15(5-9-17)21(26)24-16-6-10-18(11-7-16)31(27,28)25-19-12-20(29-3)23-13-22-19/h4-14H,1-3H3,(H,24,26)(H,22,23,25). The van der Waals surface area contributed by atoms with Gasteiger partial charge in [-0.2, -0.15) is 0 Å². The summed E-state index contributed by atoms with van der Waals surface area (Å²) in [5.74, 6) is 0.663. The third-order valence-corrected chi connectivity index (χ3v) is 5.37. The normalized spacial score (nSPS) is 11.1. The lowest BCUT2D eigenvalue weighted by Crippen LogP contribution is -2.15. The summed E-state index contributed by atoms with van der Waals surface area (Å²) >= 11 is 0. The van der Waals surface area contributed by atoms with E-state index in [0.717, 1.165) is 0 Å². The van der Waals surface area contributed by atoms with Crippen LogP contribution in [0.3, 0.4) is 0 Å². The van der Waals surface area contributed by atoms with E-state index < -0.39 is 10.0 Å². The van der Waals surface area contributed by atoms with Crippen molar-refractivity contribution >= 4 is 27.4 Å². The fourth-order valence-corrected chi connectivity index (χ4v) is 3.58. The molecule has 0 unspecified atom stereocenters. The predicted molar refractivity (Wildman–Crippen MR) is 116 cm³/mol. The first kappa shape index (κ1) is 22.0. The molecule has 0 atom stereocenters. The van der Waals surface area contributed by atoms with Crippen molar-refractivity contribution in [3.05, 3.63) is 66.5 Å². The molecular formula is C21H22N4O5S. The number of anilines is 2. The first-order chi connectivity index (χ1) is 14.8. The minimum atomic E-state index is -3.87. The minimum absolute atomic E-state index is 0.0123. The van der Waals surface area contributed by atoms with Crippen LogP contribution >= 0.6 is 0 Å². The fraction of sp³-hybridized carbons (Fsp3) is 0.190. The van der Waals surface area contributed by atoms with Crippen molar-refractivity contribution in [2.45, 2.75) is 24.8 Å². The van der Waals surface area contributed by atoms with E-state index in [0.29, 0.717) is 17.0 Å². The molecule has 0 radical (unpaired) electrons. The Bertz CT molecular complexity index is 1150. The molecule has 10 heteroatoms. The summed E-state index contributed by atoms with van der Waals surface area (Å²) in [5.41, 5.74) is 0.905. The third-order valence-electron chi connectivity index (χ3n) is 4.00. The van der Waals surface area contributed by atoms with Crippen LogP contribution in [0, 0.1) is 0 Å². The highest BCUT2D eigenvalue weighted by molar-refractivity contribution is 7.92. The van der Waals surface area contributed by atoms with Gasteiger partial charge in [-0.25, -0.2) is 18.4 Å². The molecule has 0 saturated heterocycles. The molecule has 9 nitrogen and oxygen atoms in total. The average Bonchev–Trinajstić information content (AvgIpc) is 2.74. The van der Waals surface area contributed by atoms with E-state index in [9.17, 15) is 13.2 Å². The van der Waals surface area contributed by atoms with Crippen LogP contribution in [0.15, 0.2) is 65.8 Å². The summed E-state index contributed by atoms with van der Waals surface area (Å²) in [4.78, 5) is 20.1. The highest BCUT2D eigenvalue weighted by Crippen LogP contribution is 2.20. The Morgan fingerprint density at radius 2 is 1.68 bits per heavy atom. The van der Waals surface area contributed by atoms with Crippen molar-refractivity contribution < 1.29 is 22.7 Å². The Morgan fingerprint density at radius 1 is 1.00 bits per heavy atom. The van der Waals surface area contributed by atoms with Gasteiger partial charge in [-0.05, 0) is 62.4 Å². The van der Waals surface area contributed by atoms with Gasteiger partial charge < -0.3 is 14.8 Å². The van der Waals surface area contributed by atoms with Gasteiger partial charge in [-0.1, -0.05) is 0 Å². The van der Waals surface area contributed by atoms with Crippen LogP contribution in [0.5, 0.6) is 11.6 Å². The number of rotatable bonds is 8. The van der Waals surface area contributed by atoms with Crippen molar-refractivity contribution in [3.63, 3.8) is 0 Å². The number of carbonyl (C=O) groups excluding carboxylic acids is 1. The molecule has 162 valence electrons. The Morgan fingerprint density at radius 3 is 2.29 bits per heavy atom. The van der Waals surface area contributed by atoms with E-state index >= 15 is 0 Å². The minimum Gasteiger partial charge on any atom is -0.491 e. The molecule has 0 spiro atoms. The van der Waals surface area contributed by atoms with Gasteiger partial charge in [-0.3, -0.25) is 9.52 Å². The van der Waals surface area contributed by atoms with E-state index in [2.05, 4.69) is 20.0 Å². The van der Waals surface area contributed by atoms with Crippen LogP contribution in [-0.2, 0) is 10.0 Å². The Kier molecular flexibility index (Phi) is 6.71. The lowest BCUT2D eigenvalue weighted by molar-refractivity contribution is 0.102. The summed E-state index contributed by atoms with van der Waals surface area (Å²) in [7, 11) is -2.45. The lowest BCUT2D eigenvalue weighted by atomic mass is 10.2.